The number of thiophene rings is 1. The van der Waals surface area contributed by atoms with E-state index in [-0.39, 0.29) is 16.9 Å². The number of likely N-dealkylation sites (tertiary alicyclic amines) is 1. The Balaban J connectivity index is 1.32. The Kier molecular flexibility index (Phi) is 8.39. The first-order chi connectivity index (χ1) is 16.4. The number of benzene rings is 1. The van der Waals surface area contributed by atoms with Gasteiger partial charge in [-0.1, -0.05) is 11.3 Å². The molecular formula is C25H28F2N2O3S2. The molecule has 0 saturated carbocycles. The fraction of sp³-hybridized carbons (Fsp3) is 0.440. The van der Waals surface area contributed by atoms with Crippen molar-refractivity contribution in [3.63, 3.8) is 0 Å². The number of thioether (sulfide) groups is 1. The Morgan fingerprint density at radius 1 is 1.32 bits per heavy atom. The summed E-state index contributed by atoms with van der Waals surface area (Å²) in [4.78, 5) is 18.3. The molecular weight excluding hydrogens is 478 g/mol. The molecule has 9 heteroatoms. The van der Waals surface area contributed by atoms with E-state index >= 15 is 0 Å². The molecule has 5 nitrogen and oxygen atoms in total. The van der Waals surface area contributed by atoms with Crippen molar-refractivity contribution in [3.8, 4) is 5.75 Å². The molecule has 3 aromatic rings. The van der Waals surface area contributed by atoms with Crippen molar-refractivity contribution in [1.29, 1.82) is 0 Å². The number of carboxylic acid groups (broad SMARTS) is 1. The number of aliphatic carboxylic acids is 1. The molecule has 2 aromatic heterocycles. The lowest BCUT2D eigenvalue weighted by Crippen LogP contribution is -2.44. The summed E-state index contributed by atoms with van der Waals surface area (Å²) in [6.45, 7) is 2.14. The molecule has 182 valence electrons. The SMILES string of the molecule is COc1ccc2ncc(F)c(CCCC3CCN(CCSc4ccc(F)s4)CC3C(=O)O)c2c1. The minimum atomic E-state index is -0.770. The minimum absolute atomic E-state index is 0.0680. The molecule has 1 fully saturated rings. The number of nitrogens with zero attached hydrogens (tertiary/aromatic N) is 2. The zero-order valence-electron chi connectivity index (χ0n) is 19.0. The molecule has 4 rings (SSSR count). The molecule has 0 aliphatic carbocycles. The van der Waals surface area contributed by atoms with Crippen LogP contribution in [0.25, 0.3) is 10.9 Å². The van der Waals surface area contributed by atoms with Crippen molar-refractivity contribution in [2.45, 2.75) is 29.9 Å². The Labute approximate surface area is 206 Å². The van der Waals surface area contributed by atoms with Crippen molar-refractivity contribution in [2.75, 3.05) is 32.5 Å². The first-order valence-corrected chi connectivity index (χ1v) is 13.2. The molecule has 0 radical (unpaired) electrons. The highest BCUT2D eigenvalue weighted by Crippen LogP contribution is 2.32. The Bertz CT molecular complexity index is 1140. The number of hydrogen-bond donors (Lipinski definition) is 1. The normalized spacial score (nSPS) is 18.9. The lowest BCUT2D eigenvalue weighted by Gasteiger charge is -2.36. The van der Waals surface area contributed by atoms with Crippen LogP contribution in [0.2, 0.25) is 0 Å². The summed E-state index contributed by atoms with van der Waals surface area (Å²) in [6.07, 6.45) is 4.04. The van der Waals surface area contributed by atoms with Gasteiger partial charge in [0.2, 0.25) is 0 Å². The van der Waals surface area contributed by atoms with E-state index in [1.807, 2.05) is 12.1 Å². The molecule has 0 amide bonds. The Morgan fingerprint density at radius 2 is 2.18 bits per heavy atom. The number of methoxy groups -OCH3 is 1. The number of hydrogen-bond acceptors (Lipinski definition) is 6. The molecule has 1 N–H and O–H groups in total. The summed E-state index contributed by atoms with van der Waals surface area (Å²) < 4.78 is 34.0. The third kappa shape index (κ3) is 6.06. The number of carbonyl (C=O) groups is 1. The number of aryl methyl sites for hydroxylation is 1. The van der Waals surface area contributed by atoms with Gasteiger partial charge in [-0.05, 0) is 74.0 Å². The van der Waals surface area contributed by atoms with Gasteiger partial charge < -0.3 is 14.7 Å². The van der Waals surface area contributed by atoms with Gasteiger partial charge in [0.15, 0.2) is 5.13 Å². The quantitative estimate of drug-likeness (QED) is 0.355. The first-order valence-electron chi connectivity index (χ1n) is 11.4. The van der Waals surface area contributed by atoms with E-state index in [4.69, 9.17) is 4.74 Å². The van der Waals surface area contributed by atoms with Gasteiger partial charge in [-0.2, -0.15) is 4.39 Å². The molecule has 1 aromatic carbocycles. The van der Waals surface area contributed by atoms with Crippen LogP contribution in [0.1, 0.15) is 24.8 Å². The number of piperidine rings is 1. The number of fused-ring (bicyclic) bond motifs is 1. The largest absolute Gasteiger partial charge is 0.497 e. The highest BCUT2D eigenvalue weighted by atomic mass is 32.2. The number of carboxylic acids is 1. The molecule has 2 unspecified atom stereocenters. The smallest absolute Gasteiger partial charge is 0.308 e. The molecule has 34 heavy (non-hydrogen) atoms. The average molecular weight is 507 g/mol. The third-order valence-electron chi connectivity index (χ3n) is 6.49. The summed E-state index contributed by atoms with van der Waals surface area (Å²) in [5.74, 6) is -0.0201. The molecule has 1 aliphatic rings. The van der Waals surface area contributed by atoms with E-state index in [1.54, 1.807) is 31.0 Å². The maximum atomic E-state index is 14.6. The van der Waals surface area contributed by atoms with Gasteiger partial charge >= 0.3 is 5.97 Å². The van der Waals surface area contributed by atoms with Crippen LogP contribution in [0, 0.1) is 22.8 Å². The second-order valence-electron chi connectivity index (χ2n) is 8.56. The molecule has 0 spiro atoms. The van der Waals surface area contributed by atoms with Crippen molar-refractivity contribution >= 4 is 40.0 Å². The molecule has 1 saturated heterocycles. The van der Waals surface area contributed by atoms with Crippen molar-refractivity contribution < 1.29 is 23.4 Å². The summed E-state index contributed by atoms with van der Waals surface area (Å²) >= 11 is 2.74. The van der Waals surface area contributed by atoms with Crippen LogP contribution >= 0.6 is 23.1 Å². The van der Waals surface area contributed by atoms with Crippen LogP contribution in [-0.4, -0.2) is 53.5 Å². The highest BCUT2D eigenvalue weighted by molar-refractivity contribution is 8.01. The molecule has 2 atom stereocenters. The topological polar surface area (TPSA) is 62.7 Å². The van der Waals surface area contributed by atoms with Crippen molar-refractivity contribution in [3.05, 3.63) is 53.0 Å². The molecule has 1 aliphatic heterocycles. The second kappa shape index (κ2) is 11.5. The second-order valence-corrected chi connectivity index (χ2v) is 11.0. The number of aromatic nitrogens is 1. The Hall–Kier alpha value is -2.23. The van der Waals surface area contributed by atoms with Crippen LogP contribution in [0.3, 0.4) is 0 Å². The maximum Gasteiger partial charge on any atom is 0.308 e. The standard InChI is InChI=1S/C25H28F2N2O3S2/c1-32-17-5-6-22-19(13-17)18(21(26)14-28-22)4-2-3-16-9-10-29(15-20(16)25(30)31)11-12-33-24-8-7-23(27)34-24/h5-8,13-14,16,20H,2-4,9-12,15H2,1H3,(H,30,31). The number of pyridine rings is 1. The highest BCUT2D eigenvalue weighted by Gasteiger charge is 2.33. The van der Waals surface area contributed by atoms with E-state index in [1.165, 1.54) is 12.3 Å². The van der Waals surface area contributed by atoms with Crippen LogP contribution in [0.15, 0.2) is 40.7 Å². The predicted octanol–water partition coefficient (Wildman–Crippen LogP) is 5.72. The zero-order chi connectivity index (χ0) is 24.1. The maximum absolute atomic E-state index is 14.6. The van der Waals surface area contributed by atoms with Crippen LogP contribution in [-0.2, 0) is 11.2 Å². The van der Waals surface area contributed by atoms with Gasteiger partial charge in [0.25, 0.3) is 0 Å². The van der Waals surface area contributed by atoms with E-state index in [9.17, 15) is 18.7 Å². The van der Waals surface area contributed by atoms with Gasteiger partial charge in [0.1, 0.15) is 11.6 Å². The predicted molar refractivity (Wildman–Crippen MR) is 132 cm³/mol. The van der Waals surface area contributed by atoms with E-state index in [2.05, 4.69) is 9.88 Å². The van der Waals surface area contributed by atoms with Crippen LogP contribution < -0.4 is 4.74 Å². The third-order valence-corrected chi connectivity index (χ3v) is 8.57. The summed E-state index contributed by atoms with van der Waals surface area (Å²) in [5.41, 5.74) is 1.33. The fourth-order valence-corrected chi connectivity index (χ4v) is 6.58. The van der Waals surface area contributed by atoms with E-state index < -0.39 is 11.9 Å². The van der Waals surface area contributed by atoms with Crippen LogP contribution in [0.5, 0.6) is 5.75 Å². The van der Waals surface area contributed by atoms with Gasteiger partial charge in [-0.3, -0.25) is 9.78 Å². The average Bonchev–Trinajstić information content (AvgIpc) is 3.25. The van der Waals surface area contributed by atoms with Gasteiger partial charge in [-0.25, -0.2) is 4.39 Å². The lowest BCUT2D eigenvalue weighted by molar-refractivity contribution is -0.146. The molecule has 3 heterocycles. The lowest BCUT2D eigenvalue weighted by atomic mass is 9.81. The van der Waals surface area contributed by atoms with Crippen molar-refractivity contribution in [1.82, 2.24) is 9.88 Å². The van der Waals surface area contributed by atoms with Gasteiger partial charge in [-0.15, -0.1) is 11.8 Å². The van der Waals surface area contributed by atoms with E-state index in [0.29, 0.717) is 30.7 Å². The number of rotatable bonds is 10. The minimum Gasteiger partial charge on any atom is -0.497 e. The van der Waals surface area contributed by atoms with Crippen LogP contribution in [0.4, 0.5) is 8.78 Å². The zero-order valence-corrected chi connectivity index (χ0v) is 20.6. The van der Waals surface area contributed by atoms with Gasteiger partial charge in [0, 0.05) is 24.2 Å². The summed E-state index contributed by atoms with van der Waals surface area (Å²) in [5, 5.41) is 10.4. The molecule has 0 bridgehead atoms. The summed E-state index contributed by atoms with van der Waals surface area (Å²) in [6, 6.07) is 8.68. The number of ether oxygens (including phenoxy) is 1. The first kappa shape index (κ1) is 24.9. The monoisotopic (exact) mass is 506 g/mol. The fourth-order valence-electron chi connectivity index (χ4n) is 4.67. The Morgan fingerprint density at radius 3 is 2.91 bits per heavy atom. The number of halogens is 2. The van der Waals surface area contributed by atoms with Crippen molar-refractivity contribution in [2.24, 2.45) is 11.8 Å². The summed E-state index contributed by atoms with van der Waals surface area (Å²) in [7, 11) is 1.58. The van der Waals surface area contributed by atoms with Gasteiger partial charge in [0.05, 0.1) is 29.0 Å². The van der Waals surface area contributed by atoms with E-state index in [0.717, 1.165) is 58.1 Å².